The molecule has 3 N–H and O–H groups in total. The average Bonchev–Trinajstić information content (AvgIpc) is 2.15. The van der Waals surface area contributed by atoms with E-state index in [2.05, 4.69) is 0 Å². The third-order valence-electron chi connectivity index (χ3n) is 1.82. The van der Waals surface area contributed by atoms with E-state index in [4.69, 9.17) is 19.0 Å². The first-order chi connectivity index (χ1) is 7.08. The maximum atomic E-state index is 9.92. The Hall–Kier alpha value is 0.0169. The third kappa shape index (κ3) is 6.99. The van der Waals surface area contributed by atoms with Gasteiger partial charge in [0.05, 0.1) is 0 Å². The molecule has 1 unspecified atom stereocenters. The molecule has 0 bridgehead atoms. The van der Waals surface area contributed by atoms with E-state index in [0.717, 1.165) is 12.8 Å². The average molecular weight is 237 g/mol. The maximum Gasteiger partial charge on any atom is 0.677 e. The van der Waals surface area contributed by atoms with Gasteiger partial charge in [0.2, 0.25) is 0 Å². The number of hydrogen-bond donors (Lipinski definition) is 2. The van der Waals surface area contributed by atoms with E-state index >= 15 is 0 Å². The van der Waals surface area contributed by atoms with Gasteiger partial charge < -0.3 is 23.8 Å². The fraction of sp³-hybridized carbons (Fsp3) is 1.00. The molecule has 0 aliphatic heterocycles. The van der Waals surface area contributed by atoms with Crippen molar-refractivity contribution in [2.45, 2.75) is 39.7 Å². The summed E-state index contributed by atoms with van der Waals surface area (Å²) in [7, 11) is -3.40. The Morgan fingerprint density at radius 2 is 1.80 bits per heavy atom. The molecule has 6 heteroatoms. The Morgan fingerprint density at radius 1 is 1.27 bits per heavy atom. The minimum absolute atomic E-state index is 0.0942. The van der Waals surface area contributed by atoms with E-state index < -0.39 is 9.05 Å². The molecular formula is C9H23NO4Si. The Bertz CT molecular complexity index is 153. The molecule has 0 aromatic carbocycles. The lowest BCUT2D eigenvalue weighted by Gasteiger charge is -2.25. The van der Waals surface area contributed by atoms with Gasteiger partial charge in [0.15, 0.2) is 0 Å². The van der Waals surface area contributed by atoms with Crippen molar-refractivity contribution in [3.63, 3.8) is 0 Å². The second kappa shape index (κ2) is 8.20. The van der Waals surface area contributed by atoms with Crippen molar-refractivity contribution in [2.24, 2.45) is 5.73 Å². The highest BCUT2D eigenvalue weighted by atomic mass is 28.4. The molecule has 5 nitrogen and oxygen atoms in total. The summed E-state index contributed by atoms with van der Waals surface area (Å²) in [5, 5.41) is 0. The van der Waals surface area contributed by atoms with Crippen LogP contribution in [0.25, 0.3) is 0 Å². The molecule has 0 amide bonds. The van der Waals surface area contributed by atoms with Crippen molar-refractivity contribution in [1.29, 1.82) is 0 Å². The van der Waals surface area contributed by atoms with Crippen molar-refractivity contribution < 1.29 is 18.1 Å². The van der Waals surface area contributed by atoms with Gasteiger partial charge in [-0.2, -0.15) is 0 Å². The van der Waals surface area contributed by atoms with Crippen LogP contribution in [-0.2, 0) is 13.3 Å². The van der Waals surface area contributed by atoms with Crippen LogP contribution in [0.5, 0.6) is 0 Å². The molecule has 0 heterocycles. The van der Waals surface area contributed by atoms with Crippen LogP contribution in [-0.4, -0.2) is 39.7 Å². The second-order valence-corrected chi connectivity index (χ2v) is 5.11. The van der Waals surface area contributed by atoms with Crippen molar-refractivity contribution in [3.8, 4) is 0 Å². The highest BCUT2D eigenvalue weighted by molar-refractivity contribution is 6.51. The summed E-state index contributed by atoms with van der Waals surface area (Å²) in [6.45, 7) is 6.86. The Balaban J connectivity index is 4.02. The van der Waals surface area contributed by atoms with Gasteiger partial charge in [0.25, 0.3) is 0 Å². The zero-order valence-electron chi connectivity index (χ0n) is 9.86. The first-order valence-corrected chi connectivity index (χ1v) is 7.13. The molecule has 0 aromatic heterocycles. The van der Waals surface area contributed by atoms with Crippen LogP contribution >= 0.6 is 0 Å². The van der Waals surface area contributed by atoms with Crippen LogP contribution in [0.4, 0.5) is 0 Å². The fourth-order valence-electron chi connectivity index (χ4n) is 1.19. The first kappa shape index (κ1) is 15.0. The molecule has 0 saturated carbocycles. The van der Waals surface area contributed by atoms with Gasteiger partial charge >= 0.3 is 9.05 Å². The smallest absolute Gasteiger partial charge is 0.367 e. The maximum absolute atomic E-state index is 9.92. The zero-order chi connectivity index (χ0) is 11.7. The van der Waals surface area contributed by atoms with Crippen LogP contribution < -0.4 is 5.73 Å². The molecule has 0 aliphatic carbocycles. The van der Waals surface area contributed by atoms with Crippen molar-refractivity contribution in [2.75, 3.05) is 19.8 Å². The van der Waals surface area contributed by atoms with Gasteiger partial charge in [-0.25, -0.2) is 0 Å². The Morgan fingerprint density at radius 3 is 2.20 bits per heavy atom. The number of hydrogen-bond acceptors (Lipinski definition) is 5. The lowest BCUT2D eigenvalue weighted by atomic mass is 10.2. The van der Waals surface area contributed by atoms with Gasteiger partial charge in [-0.1, -0.05) is 0 Å². The Labute approximate surface area is 93.0 Å². The van der Waals surface area contributed by atoms with Crippen LogP contribution in [0.3, 0.4) is 0 Å². The third-order valence-corrected chi connectivity index (χ3v) is 3.83. The summed E-state index contributed by atoms with van der Waals surface area (Å²) < 4.78 is 15.7. The summed E-state index contributed by atoms with van der Waals surface area (Å²) in [5.41, 5.74) is 5.39. The lowest BCUT2D eigenvalue weighted by molar-refractivity contribution is -0.0258. The molecule has 0 spiro atoms. The topological polar surface area (TPSA) is 73.9 Å². The monoisotopic (exact) mass is 237 g/mol. The largest absolute Gasteiger partial charge is 0.677 e. The van der Waals surface area contributed by atoms with E-state index in [1.807, 2.05) is 6.92 Å². The minimum Gasteiger partial charge on any atom is -0.367 e. The highest BCUT2D eigenvalue weighted by Gasteiger charge is 2.42. The van der Waals surface area contributed by atoms with Gasteiger partial charge in [0.1, 0.15) is 0 Å². The highest BCUT2D eigenvalue weighted by Crippen LogP contribution is 2.12. The molecule has 0 rings (SSSR count). The summed E-state index contributed by atoms with van der Waals surface area (Å²) in [6.07, 6.45) is 1.57. The normalized spacial score (nSPS) is 14.2. The molecule has 0 radical (unpaired) electrons. The summed E-state index contributed by atoms with van der Waals surface area (Å²) in [4.78, 5) is 9.92. The molecule has 0 saturated heterocycles. The molecule has 92 valence electrons. The second-order valence-electron chi connectivity index (χ2n) is 3.25. The van der Waals surface area contributed by atoms with E-state index in [9.17, 15) is 4.80 Å². The van der Waals surface area contributed by atoms with Gasteiger partial charge in [-0.05, 0) is 40.2 Å². The first-order valence-electron chi connectivity index (χ1n) is 5.46. The van der Waals surface area contributed by atoms with E-state index in [1.165, 1.54) is 0 Å². The van der Waals surface area contributed by atoms with Crippen molar-refractivity contribution in [3.05, 3.63) is 0 Å². The van der Waals surface area contributed by atoms with Crippen LogP contribution in [0, 0.1) is 0 Å². The Kier molecular flexibility index (Phi) is 8.21. The molecule has 0 fully saturated rings. The van der Waals surface area contributed by atoms with Gasteiger partial charge in [-0.15, -0.1) is 0 Å². The predicted octanol–water partition coefficient (Wildman–Crippen LogP) is 0.631. The predicted molar refractivity (Wildman–Crippen MR) is 60.1 cm³/mol. The van der Waals surface area contributed by atoms with Crippen LogP contribution in [0.15, 0.2) is 0 Å². The number of rotatable bonds is 9. The zero-order valence-corrected chi connectivity index (χ0v) is 10.9. The lowest BCUT2D eigenvalue weighted by Crippen LogP contribution is -2.48. The minimum atomic E-state index is -3.40. The van der Waals surface area contributed by atoms with Gasteiger partial charge in [-0.3, -0.25) is 0 Å². The van der Waals surface area contributed by atoms with E-state index in [0.29, 0.717) is 19.8 Å². The number of nitrogens with two attached hydrogens (primary N) is 1. The van der Waals surface area contributed by atoms with Crippen LogP contribution in [0.2, 0.25) is 0 Å². The van der Waals surface area contributed by atoms with Gasteiger partial charge in [0, 0.05) is 19.3 Å². The molecule has 0 aromatic rings. The fourth-order valence-corrected chi connectivity index (χ4v) is 2.77. The standard InChI is InChI=1S/C9H23NO4Si/c1-4-12-15(11,13-5-2)14-9(3)7-6-8-10/h9,11H,4-8,10H2,1-3H3. The summed E-state index contributed by atoms with van der Waals surface area (Å²) in [6, 6.07) is 0. The summed E-state index contributed by atoms with van der Waals surface area (Å²) >= 11 is 0. The molecular weight excluding hydrogens is 214 g/mol. The molecule has 0 aliphatic rings. The summed E-state index contributed by atoms with van der Waals surface area (Å²) in [5.74, 6) is 0. The quantitative estimate of drug-likeness (QED) is 0.575. The molecule has 15 heavy (non-hydrogen) atoms. The van der Waals surface area contributed by atoms with Crippen LogP contribution in [0.1, 0.15) is 33.6 Å². The molecule has 1 atom stereocenters. The van der Waals surface area contributed by atoms with Crippen molar-refractivity contribution >= 4 is 9.05 Å². The van der Waals surface area contributed by atoms with E-state index in [-0.39, 0.29) is 6.10 Å². The van der Waals surface area contributed by atoms with Crippen molar-refractivity contribution in [1.82, 2.24) is 0 Å². The SMILES string of the molecule is CCO[Si](O)(OCC)OC(C)CCCN. The van der Waals surface area contributed by atoms with E-state index in [1.54, 1.807) is 13.8 Å².